The summed E-state index contributed by atoms with van der Waals surface area (Å²) in [5.74, 6) is 0. The Morgan fingerprint density at radius 1 is 0.524 bits per heavy atom. The van der Waals surface area contributed by atoms with Crippen molar-refractivity contribution >= 4 is 34.1 Å². The van der Waals surface area contributed by atoms with Crippen LogP contribution in [0.25, 0.3) is 55.5 Å². The molecule has 5 aromatic carbocycles. The number of aromatic nitrogens is 1. The Labute approximate surface area is 255 Å². The number of rotatable bonds is 4. The van der Waals surface area contributed by atoms with Crippen LogP contribution in [0, 0.1) is 10.2 Å². The summed E-state index contributed by atoms with van der Waals surface area (Å²) in [6, 6.07) is 44.2. The van der Waals surface area contributed by atoms with Gasteiger partial charge in [0.25, 0.3) is 0 Å². The maximum atomic E-state index is 8.49. The number of hydrogen-bond acceptors (Lipinski definition) is 4. The van der Waals surface area contributed by atoms with Gasteiger partial charge >= 0.3 is 0 Å². The molecule has 0 fully saturated rings. The molecule has 0 saturated carbocycles. The van der Waals surface area contributed by atoms with Crippen molar-refractivity contribution < 1.29 is 33.4 Å². The molecule has 5 nitrogen and oxygen atoms in total. The molecule has 0 saturated heterocycles. The van der Waals surface area contributed by atoms with Gasteiger partial charge in [0, 0.05) is 27.6 Å². The number of halogens is 3. The zero-order chi connectivity index (χ0) is 29.9. The van der Waals surface area contributed by atoms with E-state index in [1.807, 2.05) is 30.3 Å². The first-order valence-electron chi connectivity index (χ1n) is 12.8. The van der Waals surface area contributed by atoms with Gasteiger partial charge in [-0.2, -0.15) is 4.57 Å². The average molecular weight is 617 g/mol. The number of hydrogen-bond donors (Lipinski definition) is 0. The molecule has 1 heterocycles. The van der Waals surface area contributed by atoms with Crippen LogP contribution in [-0.2, 0) is 7.05 Å². The maximum Gasteiger partial charge on any atom is 0.214 e. The lowest BCUT2D eigenvalue weighted by molar-refractivity contribution is -2.00. The molecule has 0 amide bonds. The van der Waals surface area contributed by atoms with Gasteiger partial charge in [-0.05, 0) is 81.9 Å². The number of aryl methyl sites for hydroxylation is 1. The van der Waals surface area contributed by atoms with Gasteiger partial charge in [0.1, 0.15) is 7.05 Å². The van der Waals surface area contributed by atoms with Crippen LogP contribution >= 0.6 is 23.2 Å². The van der Waals surface area contributed by atoms with Crippen LogP contribution in [0.2, 0.25) is 10.0 Å². The standard InChI is InChI=1S/C34H24Cl2N.ClHO4/c1-37-32-10-6-5-9-26(32)15-20-33(37)34-30(24-11-16-28(35)17-12-24)21-27(23-7-3-2-4-8-23)22-31(34)25-13-18-29(36)19-14-25;2-1(3,4)5/h2-22H,1H3;(H,2,3,4,5)/q+1;/p-1. The second-order valence-electron chi connectivity index (χ2n) is 9.54. The molecule has 8 heteroatoms. The predicted octanol–water partition coefficient (Wildman–Crippen LogP) is 4.88. The van der Waals surface area contributed by atoms with Gasteiger partial charge < -0.3 is 0 Å². The Bertz CT molecular complexity index is 1760. The Hall–Kier alpha value is -3.78. The van der Waals surface area contributed by atoms with Gasteiger partial charge in [-0.15, -0.1) is 10.2 Å². The zero-order valence-electron chi connectivity index (χ0n) is 22.3. The van der Waals surface area contributed by atoms with Crippen molar-refractivity contribution in [1.29, 1.82) is 0 Å². The first-order chi connectivity index (χ1) is 20.1. The van der Waals surface area contributed by atoms with Gasteiger partial charge in [0.15, 0.2) is 0 Å². The summed E-state index contributed by atoms with van der Waals surface area (Å²) in [4.78, 5) is 0. The third kappa shape index (κ3) is 6.98. The van der Waals surface area contributed by atoms with Crippen LogP contribution in [0.4, 0.5) is 0 Å². The fourth-order valence-electron chi connectivity index (χ4n) is 5.02. The van der Waals surface area contributed by atoms with Gasteiger partial charge in [-0.1, -0.05) is 89.9 Å². The Balaban J connectivity index is 0.000000652. The van der Waals surface area contributed by atoms with Gasteiger partial charge in [-0.25, -0.2) is 18.6 Å². The molecule has 210 valence electrons. The van der Waals surface area contributed by atoms with E-state index in [-0.39, 0.29) is 0 Å². The summed E-state index contributed by atoms with van der Waals surface area (Å²) in [5, 5.41) is 2.65. The lowest BCUT2D eigenvalue weighted by Gasteiger charge is -2.18. The fourth-order valence-corrected chi connectivity index (χ4v) is 5.28. The van der Waals surface area contributed by atoms with Crippen molar-refractivity contribution in [1.82, 2.24) is 0 Å². The third-order valence-corrected chi connectivity index (χ3v) is 7.40. The number of nitrogens with zero attached hydrogens (tertiary/aromatic N) is 1. The van der Waals surface area contributed by atoms with E-state index in [0.717, 1.165) is 49.1 Å². The summed E-state index contributed by atoms with van der Waals surface area (Å²) >= 11 is 12.6. The van der Waals surface area contributed by atoms with Crippen molar-refractivity contribution in [3.63, 3.8) is 0 Å². The van der Waals surface area contributed by atoms with Gasteiger partial charge in [-0.3, -0.25) is 0 Å². The highest BCUT2D eigenvalue weighted by Gasteiger charge is 2.24. The van der Waals surface area contributed by atoms with Crippen LogP contribution in [-0.4, -0.2) is 0 Å². The SMILES string of the molecule is C[n+]1c(-c2c(-c3ccc(Cl)cc3)cc(-c3ccccc3)cc2-c2ccc(Cl)cc2)ccc2ccccc21.[O-][Cl+3]([O-])([O-])[O-]. The highest BCUT2D eigenvalue weighted by atomic mass is 35.7. The number of fused-ring (bicyclic) bond motifs is 1. The third-order valence-electron chi connectivity index (χ3n) is 6.89. The summed E-state index contributed by atoms with van der Waals surface area (Å²) in [6.07, 6.45) is 0. The zero-order valence-corrected chi connectivity index (χ0v) is 24.6. The van der Waals surface area contributed by atoms with Gasteiger partial charge in [0.2, 0.25) is 11.2 Å². The Morgan fingerprint density at radius 3 is 1.52 bits per heavy atom. The minimum Gasteiger partial charge on any atom is -0.222 e. The molecular weight excluding hydrogens is 593 g/mol. The van der Waals surface area contributed by atoms with Gasteiger partial charge in [0.05, 0.1) is 5.56 Å². The van der Waals surface area contributed by atoms with Crippen molar-refractivity contribution in [3.05, 3.63) is 137 Å². The summed E-state index contributed by atoms with van der Waals surface area (Å²) in [7, 11) is -2.81. The molecule has 0 aliphatic heterocycles. The van der Waals surface area contributed by atoms with Crippen LogP contribution in [0.3, 0.4) is 0 Å². The van der Waals surface area contributed by atoms with Crippen molar-refractivity contribution in [3.8, 4) is 44.6 Å². The molecule has 6 rings (SSSR count). The average Bonchev–Trinajstić information content (AvgIpc) is 2.98. The molecule has 0 aliphatic rings. The molecule has 42 heavy (non-hydrogen) atoms. The smallest absolute Gasteiger partial charge is 0.214 e. The Morgan fingerprint density at radius 2 is 1.00 bits per heavy atom. The van der Waals surface area contributed by atoms with E-state index in [4.69, 9.17) is 41.8 Å². The number of benzene rings is 5. The second-order valence-corrected chi connectivity index (χ2v) is 11.2. The summed E-state index contributed by atoms with van der Waals surface area (Å²) in [6.45, 7) is 0. The van der Waals surface area contributed by atoms with Crippen LogP contribution < -0.4 is 23.2 Å². The van der Waals surface area contributed by atoms with E-state index in [1.54, 1.807) is 0 Å². The molecule has 0 bridgehead atoms. The molecule has 0 unspecified atom stereocenters. The topological polar surface area (TPSA) is 96.1 Å². The second kappa shape index (κ2) is 12.6. The van der Waals surface area contributed by atoms with Crippen LogP contribution in [0.5, 0.6) is 0 Å². The Kier molecular flexibility index (Phi) is 8.92. The van der Waals surface area contributed by atoms with E-state index >= 15 is 0 Å². The molecule has 0 atom stereocenters. The lowest BCUT2D eigenvalue weighted by atomic mass is 9.86. The minimum atomic E-state index is -4.94. The van der Waals surface area contributed by atoms with E-state index in [9.17, 15) is 0 Å². The first-order valence-corrected chi connectivity index (χ1v) is 14.8. The highest BCUT2D eigenvalue weighted by Crippen LogP contribution is 2.43. The fraction of sp³-hybridized carbons (Fsp3) is 0.0294. The molecule has 0 spiro atoms. The van der Waals surface area contributed by atoms with Crippen molar-refractivity contribution in [2.75, 3.05) is 0 Å². The molecule has 0 aliphatic carbocycles. The first kappa shape index (κ1) is 29.7. The molecule has 0 N–H and O–H groups in total. The number of pyridine rings is 1. The largest absolute Gasteiger partial charge is 0.222 e. The van der Waals surface area contributed by atoms with E-state index in [1.165, 1.54) is 16.5 Å². The van der Waals surface area contributed by atoms with Crippen molar-refractivity contribution in [2.24, 2.45) is 7.05 Å². The summed E-state index contributed by atoms with van der Waals surface area (Å²) < 4.78 is 36.3. The lowest BCUT2D eigenvalue weighted by Crippen LogP contribution is -2.68. The highest BCUT2D eigenvalue weighted by molar-refractivity contribution is 6.31. The molecular formula is C34H24Cl3NO4. The van der Waals surface area contributed by atoms with E-state index < -0.39 is 10.2 Å². The molecule has 1 aromatic heterocycles. The maximum absolute atomic E-state index is 8.49. The predicted molar refractivity (Wildman–Crippen MR) is 157 cm³/mol. The minimum absolute atomic E-state index is 0.721. The van der Waals surface area contributed by atoms with Crippen molar-refractivity contribution in [2.45, 2.75) is 0 Å². The summed E-state index contributed by atoms with van der Waals surface area (Å²) in [5.41, 5.74) is 10.3. The monoisotopic (exact) mass is 615 g/mol. The molecule has 0 radical (unpaired) electrons. The van der Waals surface area contributed by atoms with Crippen LogP contribution in [0.15, 0.2) is 127 Å². The quantitative estimate of drug-likeness (QED) is 0.264. The van der Waals surface area contributed by atoms with Crippen LogP contribution in [0.1, 0.15) is 0 Å². The molecule has 6 aromatic rings. The van der Waals surface area contributed by atoms with E-state index in [2.05, 4.69) is 109 Å². The normalized spacial score (nSPS) is 11.2. The van der Waals surface area contributed by atoms with E-state index in [0.29, 0.717) is 0 Å². The number of para-hydroxylation sites is 1.